The van der Waals surface area contributed by atoms with Crippen LogP contribution >= 0.6 is 0 Å². The first-order valence-electron chi connectivity index (χ1n) is 9.59. The summed E-state index contributed by atoms with van der Waals surface area (Å²) in [5.41, 5.74) is 7.58. The van der Waals surface area contributed by atoms with E-state index in [0.717, 1.165) is 24.2 Å². The van der Waals surface area contributed by atoms with Crippen LogP contribution in [0.4, 0.5) is 0 Å². The molecule has 1 unspecified atom stereocenters. The smallest absolute Gasteiger partial charge is 0.251 e. The second-order valence-electron chi connectivity index (χ2n) is 8.29. The molecule has 0 saturated heterocycles. The van der Waals surface area contributed by atoms with Gasteiger partial charge in [-0.05, 0) is 62.4 Å². The molecule has 2 rings (SSSR count). The molecule has 0 aromatic heterocycles. The summed E-state index contributed by atoms with van der Waals surface area (Å²) < 4.78 is 5.78. The lowest BCUT2D eigenvalue weighted by molar-refractivity contribution is 0.0925. The van der Waals surface area contributed by atoms with Gasteiger partial charge >= 0.3 is 0 Å². The fourth-order valence-corrected chi connectivity index (χ4v) is 3.11. The topological polar surface area (TPSA) is 64.3 Å². The summed E-state index contributed by atoms with van der Waals surface area (Å²) in [5, 5.41) is 3.14. The summed E-state index contributed by atoms with van der Waals surface area (Å²) in [4.78, 5) is 12.6. The Hall–Kier alpha value is -2.33. The highest BCUT2D eigenvalue weighted by atomic mass is 16.5. The van der Waals surface area contributed by atoms with E-state index in [0.29, 0.717) is 18.1 Å². The van der Waals surface area contributed by atoms with Crippen LogP contribution in [0.25, 0.3) is 0 Å². The molecule has 0 aliphatic carbocycles. The van der Waals surface area contributed by atoms with Crippen LogP contribution in [-0.4, -0.2) is 17.5 Å². The number of benzene rings is 2. The molecule has 0 aliphatic heterocycles. The molecule has 0 spiro atoms. The van der Waals surface area contributed by atoms with Crippen molar-refractivity contribution in [3.05, 3.63) is 65.7 Å². The van der Waals surface area contributed by atoms with E-state index in [2.05, 4.69) is 19.2 Å². The van der Waals surface area contributed by atoms with E-state index in [4.69, 9.17) is 10.5 Å². The Bertz CT molecular complexity index is 703. The lowest BCUT2D eigenvalue weighted by atomic mass is 9.91. The van der Waals surface area contributed by atoms with Crippen molar-refractivity contribution in [3.63, 3.8) is 0 Å². The molecule has 1 atom stereocenters. The van der Waals surface area contributed by atoms with Crippen LogP contribution in [0.15, 0.2) is 54.6 Å². The van der Waals surface area contributed by atoms with E-state index >= 15 is 0 Å². The Morgan fingerprint density at radius 2 is 1.70 bits per heavy atom. The Morgan fingerprint density at radius 3 is 2.26 bits per heavy atom. The Kier molecular flexibility index (Phi) is 7.43. The maximum absolute atomic E-state index is 12.6. The van der Waals surface area contributed by atoms with Gasteiger partial charge in [-0.25, -0.2) is 0 Å². The van der Waals surface area contributed by atoms with Gasteiger partial charge in [0.05, 0.1) is 0 Å². The van der Waals surface area contributed by atoms with Crippen molar-refractivity contribution in [1.29, 1.82) is 0 Å². The van der Waals surface area contributed by atoms with E-state index in [-0.39, 0.29) is 17.5 Å². The van der Waals surface area contributed by atoms with Crippen LogP contribution in [0, 0.1) is 5.92 Å². The standard InChI is InChI=1S/C23H32N2O2/c1-17(2)14-20(15-23(3,4)24)25-22(26)19-10-12-21(13-11-19)27-16-18-8-6-5-7-9-18/h5-13,17,20H,14-16,24H2,1-4H3,(H,25,26). The number of rotatable bonds is 9. The van der Waals surface area contributed by atoms with Gasteiger partial charge in [-0.15, -0.1) is 0 Å². The molecular formula is C23H32N2O2. The first-order chi connectivity index (χ1) is 12.7. The van der Waals surface area contributed by atoms with Crippen molar-refractivity contribution in [2.75, 3.05) is 0 Å². The van der Waals surface area contributed by atoms with Gasteiger partial charge < -0.3 is 15.8 Å². The zero-order valence-corrected chi connectivity index (χ0v) is 16.9. The van der Waals surface area contributed by atoms with E-state index in [1.54, 1.807) is 12.1 Å². The lowest BCUT2D eigenvalue weighted by Gasteiger charge is -2.28. The summed E-state index contributed by atoms with van der Waals surface area (Å²) >= 11 is 0. The van der Waals surface area contributed by atoms with Crippen LogP contribution in [0.2, 0.25) is 0 Å². The molecule has 4 nitrogen and oxygen atoms in total. The number of nitrogens with one attached hydrogen (secondary N) is 1. The van der Waals surface area contributed by atoms with Gasteiger partial charge in [0.15, 0.2) is 0 Å². The summed E-state index contributed by atoms with van der Waals surface area (Å²) in [7, 11) is 0. The predicted molar refractivity (Wildman–Crippen MR) is 111 cm³/mol. The third kappa shape index (κ3) is 7.83. The van der Waals surface area contributed by atoms with Crippen molar-refractivity contribution in [2.24, 2.45) is 11.7 Å². The molecule has 1 amide bonds. The fourth-order valence-electron chi connectivity index (χ4n) is 3.11. The highest BCUT2D eigenvalue weighted by molar-refractivity contribution is 5.94. The minimum atomic E-state index is -0.317. The number of nitrogens with two attached hydrogens (primary N) is 1. The number of hydrogen-bond acceptors (Lipinski definition) is 3. The van der Waals surface area contributed by atoms with E-state index in [1.807, 2.05) is 56.3 Å². The molecule has 146 valence electrons. The Labute approximate surface area is 163 Å². The molecule has 3 N–H and O–H groups in total. The monoisotopic (exact) mass is 368 g/mol. The highest BCUT2D eigenvalue weighted by Crippen LogP contribution is 2.17. The summed E-state index contributed by atoms with van der Waals surface area (Å²) in [6, 6.07) is 17.3. The minimum Gasteiger partial charge on any atom is -0.489 e. The predicted octanol–water partition coefficient (Wildman–Crippen LogP) is 4.54. The molecule has 0 radical (unpaired) electrons. The van der Waals surface area contributed by atoms with E-state index in [1.165, 1.54) is 0 Å². The van der Waals surface area contributed by atoms with Gasteiger partial charge in [-0.3, -0.25) is 4.79 Å². The molecule has 0 heterocycles. The third-order valence-electron chi connectivity index (χ3n) is 4.23. The van der Waals surface area contributed by atoms with Gasteiger partial charge in [-0.1, -0.05) is 44.2 Å². The first-order valence-corrected chi connectivity index (χ1v) is 9.59. The molecule has 2 aromatic carbocycles. The van der Waals surface area contributed by atoms with Gasteiger partial charge in [0.2, 0.25) is 0 Å². The van der Waals surface area contributed by atoms with E-state index < -0.39 is 0 Å². The van der Waals surface area contributed by atoms with Crippen LogP contribution in [0.5, 0.6) is 5.75 Å². The van der Waals surface area contributed by atoms with Crippen LogP contribution in [0.3, 0.4) is 0 Å². The number of carbonyl (C=O) groups excluding carboxylic acids is 1. The van der Waals surface area contributed by atoms with Crippen molar-refractivity contribution in [3.8, 4) is 5.75 Å². The van der Waals surface area contributed by atoms with Gasteiger partial charge in [0.1, 0.15) is 12.4 Å². The second-order valence-corrected chi connectivity index (χ2v) is 8.29. The average Bonchev–Trinajstić information content (AvgIpc) is 2.59. The van der Waals surface area contributed by atoms with Crippen LogP contribution < -0.4 is 15.8 Å². The van der Waals surface area contributed by atoms with Crippen molar-refractivity contribution in [2.45, 2.75) is 58.7 Å². The molecule has 4 heteroatoms. The summed E-state index contributed by atoms with van der Waals surface area (Å²) in [5.74, 6) is 1.17. The molecule has 0 bridgehead atoms. The zero-order chi connectivity index (χ0) is 19.9. The maximum atomic E-state index is 12.6. The van der Waals surface area contributed by atoms with Gasteiger partial charge in [0.25, 0.3) is 5.91 Å². The average molecular weight is 369 g/mol. The maximum Gasteiger partial charge on any atom is 0.251 e. The largest absolute Gasteiger partial charge is 0.489 e. The zero-order valence-electron chi connectivity index (χ0n) is 16.9. The number of ether oxygens (including phenoxy) is 1. The molecular weight excluding hydrogens is 336 g/mol. The molecule has 2 aromatic rings. The normalized spacial score (nSPS) is 12.7. The van der Waals surface area contributed by atoms with Crippen LogP contribution in [0.1, 0.15) is 56.5 Å². The summed E-state index contributed by atoms with van der Waals surface area (Å²) in [6.45, 7) is 8.80. The number of carbonyl (C=O) groups is 1. The third-order valence-corrected chi connectivity index (χ3v) is 4.23. The van der Waals surface area contributed by atoms with Gasteiger partial charge in [-0.2, -0.15) is 0 Å². The molecule has 0 saturated carbocycles. The Morgan fingerprint density at radius 1 is 1.07 bits per heavy atom. The quantitative estimate of drug-likeness (QED) is 0.683. The fraction of sp³-hybridized carbons (Fsp3) is 0.435. The van der Waals surface area contributed by atoms with Crippen molar-refractivity contribution < 1.29 is 9.53 Å². The molecule has 27 heavy (non-hydrogen) atoms. The Balaban J connectivity index is 1.94. The number of amides is 1. The molecule has 0 fully saturated rings. The minimum absolute atomic E-state index is 0.0616. The van der Waals surface area contributed by atoms with E-state index in [9.17, 15) is 4.79 Å². The lowest BCUT2D eigenvalue weighted by Crippen LogP contribution is -2.44. The van der Waals surface area contributed by atoms with Crippen molar-refractivity contribution >= 4 is 5.91 Å². The van der Waals surface area contributed by atoms with Crippen molar-refractivity contribution in [1.82, 2.24) is 5.32 Å². The number of hydrogen-bond donors (Lipinski definition) is 2. The second kappa shape index (κ2) is 9.56. The highest BCUT2D eigenvalue weighted by Gasteiger charge is 2.22. The van der Waals surface area contributed by atoms with Crippen LogP contribution in [-0.2, 0) is 6.61 Å². The van der Waals surface area contributed by atoms with Gasteiger partial charge in [0, 0.05) is 17.1 Å². The molecule has 0 aliphatic rings. The first kappa shape index (κ1) is 21.0. The summed E-state index contributed by atoms with van der Waals surface area (Å²) in [6.07, 6.45) is 1.65. The SMILES string of the molecule is CC(C)CC(CC(C)(C)N)NC(=O)c1ccc(OCc2ccccc2)cc1.